The van der Waals surface area contributed by atoms with Gasteiger partial charge in [-0.1, -0.05) is 96.8 Å². The van der Waals surface area contributed by atoms with E-state index < -0.39 is 17.9 Å². The molecule has 6 nitrogen and oxygen atoms in total. The van der Waals surface area contributed by atoms with Gasteiger partial charge in [-0.25, -0.2) is 0 Å². The zero-order valence-corrected chi connectivity index (χ0v) is 25.1. The van der Waals surface area contributed by atoms with Gasteiger partial charge in [0.25, 0.3) is 0 Å². The van der Waals surface area contributed by atoms with Crippen molar-refractivity contribution in [3.8, 4) is 0 Å². The van der Waals surface area contributed by atoms with Crippen molar-refractivity contribution in [3.05, 3.63) is 0 Å². The molecule has 0 saturated heterocycles. The van der Waals surface area contributed by atoms with E-state index >= 15 is 0 Å². The van der Waals surface area contributed by atoms with Crippen molar-refractivity contribution in [2.45, 2.75) is 135 Å². The van der Waals surface area contributed by atoms with Gasteiger partial charge in [0.2, 0.25) is 0 Å². The van der Waals surface area contributed by atoms with Crippen LogP contribution in [0.2, 0.25) is 0 Å². The molecule has 0 aromatic carbocycles. The number of rotatable bonds is 21. The molecular formula is C24H44Na2O6. The summed E-state index contributed by atoms with van der Waals surface area (Å²) in [5, 5.41) is 28.1. The minimum Gasteiger partial charge on any atom is -0.550 e. The first kappa shape index (κ1) is 39.6. The Morgan fingerprint density at radius 1 is 0.500 bits per heavy atom. The molecular weight excluding hydrogens is 430 g/mol. The van der Waals surface area contributed by atoms with E-state index in [2.05, 4.69) is 6.92 Å². The fourth-order valence-electron chi connectivity index (χ4n) is 3.19. The number of aliphatic carboxylic acids is 3. The Balaban J connectivity index is -0.000000279. The molecule has 1 N–H and O–H groups in total. The zero-order valence-electron chi connectivity index (χ0n) is 21.1. The van der Waals surface area contributed by atoms with Gasteiger partial charge in [0, 0.05) is 18.4 Å². The number of carboxylic acids is 3. The molecule has 0 aromatic rings. The van der Waals surface area contributed by atoms with Crippen LogP contribution in [0.4, 0.5) is 0 Å². The van der Waals surface area contributed by atoms with E-state index in [1.54, 1.807) is 0 Å². The molecule has 178 valence electrons. The number of carbonyl (C=O) groups is 3. The van der Waals surface area contributed by atoms with Crippen LogP contribution in [0.5, 0.6) is 0 Å². The van der Waals surface area contributed by atoms with E-state index in [4.69, 9.17) is 5.11 Å². The third-order valence-electron chi connectivity index (χ3n) is 5.01. The van der Waals surface area contributed by atoms with Crippen molar-refractivity contribution in [2.24, 2.45) is 0 Å². The van der Waals surface area contributed by atoms with Crippen LogP contribution >= 0.6 is 0 Å². The van der Waals surface area contributed by atoms with Gasteiger partial charge < -0.3 is 24.9 Å². The normalized spacial score (nSPS) is 9.66. The quantitative estimate of drug-likeness (QED) is 0.158. The van der Waals surface area contributed by atoms with Crippen molar-refractivity contribution in [3.63, 3.8) is 0 Å². The summed E-state index contributed by atoms with van der Waals surface area (Å²) in [4.78, 5) is 29.9. The number of hydrogen-bond donors (Lipinski definition) is 1. The Bertz CT molecular complexity index is 403. The Labute approximate surface area is 240 Å². The number of carbonyl (C=O) groups excluding carboxylic acids is 2. The fraction of sp³-hybridized carbons (Fsp3) is 0.875. The average molecular weight is 475 g/mol. The van der Waals surface area contributed by atoms with Crippen molar-refractivity contribution in [1.82, 2.24) is 0 Å². The van der Waals surface area contributed by atoms with Crippen LogP contribution in [-0.2, 0) is 14.4 Å². The van der Waals surface area contributed by atoms with Gasteiger partial charge in [0.1, 0.15) is 0 Å². The van der Waals surface area contributed by atoms with Crippen LogP contribution in [0.15, 0.2) is 0 Å². The average Bonchev–Trinajstić information content (AvgIpc) is 2.68. The van der Waals surface area contributed by atoms with Gasteiger partial charge in [0.15, 0.2) is 0 Å². The molecule has 0 aromatic heterocycles. The summed E-state index contributed by atoms with van der Waals surface area (Å²) in [6, 6.07) is 0. The van der Waals surface area contributed by atoms with Crippen molar-refractivity contribution in [1.29, 1.82) is 0 Å². The second-order valence-corrected chi connectivity index (χ2v) is 8.04. The molecule has 0 saturated carbocycles. The minimum atomic E-state index is -1.14. The maximum absolute atomic E-state index is 10.3. The van der Waals surface area contributed by atoms with Gasteiger partial charge in [-0.15, -0.1) is 0 Å². The number of unbranched alkanes of at least 4 members (excludes halogenated alkanes) is 15. The van der Waals surface area contributed by atoms with E-state index in [0.29, 0.717) is 19.3 Å². The molecule has 0 aliphatic heterocycles. The second kappa shape index (κ2) is 33.6. The smallest absolute Gasteiger partial charge is 0.550 e. The summed E-state index contributed by atoms with van der Waals surface area (Å²) in [5.41, 5.74) is 0. The monoisotopic (exact) mass is 474 g/mol. The first-order valence-corrected chi connectivity index (χ1v) is 12.0. The van der Waals surface area contributed by atoms with Crippen molar-refractivity contribution >= 4 is 17.9 Å². The molecule has 8 heteroatoms. The van der Waals surface area contributed by atoms with E-state index in [-0.39, 0.29) is 72.0 Å². The number of hydrogen-bond acceptors (Lipinski definition) is 5. The van der Waals surface area contributed by atoms with Crippen LogP contribution in [0.1, 0.15) is 135 Å². The molecule has 0 aliphatic rings. The summed E-state index contributed by atoms with van der Waals surface area (Å²) in [6.45, 7) is 2.27. The van der Waals surface area contributed by atoms with E-state index in [1.165, 1.54) is 83.5 Å². The molecule has 32 heavy (non-hydrogen) atoms. The summed E-state index contributed by atoms with van der Waals surface area (Å²) >= 11 is 0. The third-order valence-corrected chi connectivity index (χ3v) is 5.01. The summed E-state index contributed by atoms with van der Waals surface area (Å²) in [7, 11) is 0. The minimum absolute atomic E-state index is 0. The molecule has 0 aliphatic carbocycles. The maximum atomic E-state index is 10.3. The van der Waals surface area contributed by atoms with Gasteiger partial charge in [-0.2, -0.15) is 0 Å². The maximum Gasteiger partial charge on any atom is 1.00 e. The summed E-state index contributed by atoms with van der Waals surface area (Å²) in [5.74, 6) is -2.93. The van der Waals surface area contributed by atoms with E-state index in [1.807, 2.05) is 0 Å². The van der Waals surface area contributed by atoms with Crippen LogP contribution in [0.25, 0.3) is 0 Å². The van der Waals surface area contributed by atoms with Gasteiger partial charge >= 0.3 is 65.1 Å². The zero-order chi connectivity index (χ0) is 22.9. The Kier molecular flexibility index (Phi) is 41.6. The van der Waals surface area contributed by atoms with Crippen LogP contribution in [0.3, 0.4) is 0 Å². The van der Waals surface area contributed by atoms with Gasteiger partial charge in [-0.3, -0.25) is 4.79 Å². The van der Waals surface area contributed by atoms with Crippen LogP contribution < -0.4 is 69.3 Å². The predicted octanol–water partition coefficient (Wildman–Crippen LogP) is -1.61. The number of carboxylic acid groups (broad SMARTS) is 3. The molecule has 0 heterocycles. The molecule has 0 amide bonds. The van der Waals surface area contributed by atoms with E-state index in [9.17, 15) is 24.6 Å². The largest absolute Gasteiger partial charge is 1.00 e. The second-order valence-electron chi connectivity index (χ2n) is 8.04. The Morgan fingerprint density at radius 3 is 1.00 bits per heavy atom. The standard InChI is InChI=1S/C18H36O2.C6H10O4.2Na/c1-2-3-4-5-6-7-8-9-10-11-12-13-14-15-16-17-18(19)20;7-5(8)3-1-2-4-6(9)10;;/h2-17H2,1H3,(H,19,20);1-4H2,(H,7,8)(H,9,10);;/q;;2*+1/p-2. The van der Waals surface area contributed by atoms with Crippen LogP contribution in [-0.4, -0.2) is 23.0 Å². The predicted molar refractivity (Wildman–Crippen MR) is 116 cm³/mol. The molecule has 0 spiro atoms. The molecule has 0 atom stereocenters. The van der Waals surface area contributed by atoms with Crippen molar-refractivity contribution < 1.29 is 88.8 Å². The van der Waals surface area contributed by atoms with Crippen molar-refractivity contribution in [2.75, 3.05) is 0 Å². The topological polar surface area (TPSA) is 118 Å². The Morgan fingerprint density at radius 2 is 0.750 bits per heavy atom. The van der Waals surface area contributed by atoms with Crippen LogP contribution in [0, 0.1) is 0 Å². The SMILES string of the molecule is CCCCCCCCCCCCCCCCCC(=O)O.O=C([O-])CCCCC(=O)[O-].[Na+].[Na+]. The third kappa shape index (κ3) is 44.1. The Hall–Kier alpha value is 0.410. The summed E-state index contributed by atoms with van der Waals surface area (Å²) in [6.07, 6.45) is 20.7. The first-order chi connectivity index (χ1) is 14.4. The summed E-state index contributed by atoms with van der Waals surface area (Å²) < 4.78 is 0. The molecule has 0 unspecified atom stereocenters. The molecule has 0 radical (unpaired) electrons. The van der Waals surface area contributed by atoms with Gasteiger partial charge in [-0.05, 0) is 32.1 Å². The van der Waals surface area contributed by atoms with E-state index in [0.717, 1.165) is 12.8 Å². The van der Waals surface area contributed by atoms with Gasteiger partial charge in [0.05, 0.1) is 0 Å². The first-order valence-electron chi connectivity index (χ1n) is 12.0. The molecule has 0 fully saturated rings. The fourth-order valence-corrected chi connectivity index (χ4v) is 3.19. The molecule has 0 bridgehead atoms. The molecule has 0 rings (SSSR count).